The van der Waals surface area contributed by atoms with Crippen LogP contribution in [0.15, 0.2) is 46.1 Å². The van der Waals surface area contributed by atoms with Gasteiger partial charge in [0.2, 0.25) is 5.13 Å². The summed E-state index contributed by atoms with van der Waals surface area (Å²) in [6, 6.07) is 11.8. The number of aryl methyl sites for hydroxylation is 1. The van der Waals surface area contributed by atoms with E-state index >= 15 is 0 Å². The second-order valence-corrected chi connectivity index (χ2v) is 7.65. The highest BCUT2D eigenvalue weighted by Gasteiger charge is 2.11. The Kier molecular flexibility index (Phi) is 4.87. The number of anilines is 2. The number of para-hydroxylation sites is 1. The maximum Gasteiger partial charge on any atom is 0.210 e. The van der Waals surface area contributed by atoms with E-state index in [1.165, 1.54) is 34.4 Å². The van der Waals surface area contributed by atoms with E-state index in [9.17, 15) is 4.79 Å². The Bertz CT molecular complexity index is 768. The SMILES string of the molecule is Cc1ccccc1Nc1nnc(SCC(=O)c2cccs2)s1. The van der Waals surface area contributed by atoms with Gasteiger partial charge in [0.15, 0.2) is 10.1 Å². The van der Waals surface area contributed by atoms with E-state index in [0.29, 0.717) is 5.75 Å². The van der Waals surface area contributed by atoms with Crippen LogP contribution in [0.5, 0.6) is 0 Å². The normalized spacial score (nSPS) is 10.6. The first kappa shape index (κ1) is 15.2. The van der Waals surface area contributed by atoms with Gasteiger partial charge in [0.1, 0.15) is 0 Å². The lowest BCUT2D eigenvalue weighted by Gasteiger charge is -2.04. The topological polar surface area (TPSA) is 54.9 Å². The maximum absolute atomic E-state index is 12.0. The van der Waals surface area contributed by atoms with Gasteiger partial charge in [0.25, 0.3) is 0 Å². The molecule has 0 saturated heterocycles. The molecule has 0 radical (unpaired) electrons. The molecule has 0 saturated carbocycles. The summed E-state index contributed by atoms with van der Waals surface area (Å²) in [5.41, 5.74) is 2.17. The van der Waals surface area contributed by atoms with Crippen molar-refractivity contribution in [3.63, 3.8) is 0 Å². The van der Waals surface area contributed by atoms with Crippen LogP contribution in [0.2, 0.25) is 0 Å². The minimum Gasteiger partial charge on any atom is -0.330 e. The number of benzene rings is 1. The second-order valence-electron chi connectivity index (χ2n) is 4.50. The molecule has 1 N–H and O–H groups in total. The highest BCUT2D eigenvalue weighted by Crippen LogP contribution is 2.29. The van der Waals surface area contributed by atoms with Gasteiger partial charge in [0, 0.05) is 5.69 Å². The van der Waals surface area contributed by atoms with Crippen LogP contribution < -0.4 is 5.32 Å². The Balaban J connectivity index is 1.60. The van der Waals surface area contributed by atoms with Crippen LogP contribution in [-0.4, -0.2) is 21.7 Å². The Labute approximate surface area is 140 Å². The molecule has 1 aromatic carbocycles. The van der Waals surface area contributed by atoms with Gasteiger partial charge >= 0.3 is 0 Å². The summed E-state index contributed by atoms with van der Waals surface area (Å²) in [4.78, 5) is 12.7. The molecule has 0 aliphatic heterocycles. The number of carbonyl (C=O) groups excluding carboxylic acids is 1. The quantitative estimate of drug-likeness (QED) is 0.520. The van der Waals surface area contributed by atoms with E-state index in [1.807, 2.05) is 48.7 Å². The third-order valence-corrected chi connectivity index (χ3v) is 5.80. The predicted molar refractivity (Wildman–Crippen MR) is 93.7 cm³/mol. The molecule has 0 unspecified atom stereocenters. The lowest BCUT2D eigenvalue weighted by atomic mass is 10.2. The van der Waals surface area contributed by atoms with Crippen molar-refractivity contribution in [3.05, 3.63) is 52.2 Å². The van der Waals surface area contributed by atoms with Crippen LogP contribution in [0.3, 0.4) is 0 Å². The van der Waals surface area contributed by atoms with E-state index in [2.05, 4.69) is 15.5 Å². The zero-order valence-corrected chi connectivity index (χ0v) is 14.2. The number of nitrogens with zero attached hydrogens (tertiary/aromatic N) is 2. The molecular weight excluding hydrogens is 334 g/mol. The number of nitrogens with one attached hydrogen (secondary N) is 1. The third-order valence-electron chi connectivity index (χ3n) is 2.92. The monoisotopic (exact) mass is 347 g/mol. The Morgan fingerprint density at radius 1 is 1.23 bits per heavy atom. The van der Waals surface area contributed by atoms with Crippen molar-refractivity contribution in [2.45, 2.75) is 11.3 Å². The van der Waals surface area contributed by atoms with Crippen molar-refractivity contribution < 1.29 is 4.79 Å². The number of hydrogen-bond acceptors (Lipinski definition) is 7. The molecule has 2 aromatic heterocycles. The fourth-order valence-electron chi connectivity index (χ4n) is 1.78. The number of hydrogen-bond donors (Lipinski definition) is 1. The summed E-state index contributed by atoms with van der Waals surface area (Å²) >= 11 is 4.35. The average molecular weight is 347 g/mol. The summed E-state index contributed by atoms with van der Waals surface area (Å²) in [7, 11) is 0. The van der Waals surface area contributed by atoms with E-state index in [-0.39, 0.29) is 5.78 Å². The third kappa shape index (κ3) is 3.73. The van der Waals surface area contributed by atoms with E-state index in [1.54, 1.807) is 0 Å². The summed E-state index contributed by atoms with van der Waals surface area (Å²) in [5.74, 6) is 0.517. The molecule has 0 aliphatic carbocycles. The van der Waals surface area contributed by atoms with Gasteiger partial charge < -0.3 is 5.32 Å². The summed E-state index contributed by atoms with van der Waals surface area (Å²) in [5, 5.41) is 14.1. The molecule has 7 heteroatoms. The molecular formula is C15H13N3OS3. The second kappa shape index (κ2) is 7.04. The number of carbonyl (C=O) groups is 1. The standard InChI is InChI=1S/C15H13N3OS3/c1-10-5-2-3-6-11(10)16-14-17-18-15(22-14)21-9-12(19)13-7-4-8-20-13/h2-8H,9H2,1H3,(H,16,17). The zero-order valence-electron chi connectivity index (χ0n) is 11.8. The lowest BCUT2D eigenvalue weighted by Crippen LogP contribution is -1.98. The zero-order chi connectivity index (χ0) is 15.4. The van der Waals surface area contributed by atoms with Crippen molar-refractivity contribution in [2.24, 2.45) is 0 Å². The first-order chi connectivity index (χ1) is 10.7. The fourth-order valence-corrected chi connectivity index (χ4v) is 4.19. The minimum atomic E-state index is 0.128. The molecule has 4 nitrogen and oxygen atoms in total. The van der Waals surface area contributed by atoms with Gasteiger partial charge in [0.05, 0.1) is 10.6 Å². The van der Waals surface area contributed by atoms with E-state index in [0.717, 1.165) is 25.6 Å². The summed E-state index contributed by atoms with van der Waals surface area (Å²) in [6.45, 7) is 2.04. The maximum atomic E-state index is 12.0. The molecule has 112 valence electrons. The number of rotatable bonds is 6. The van der Waals surface area contributed by atoms with Gasteiger partial charge in [-0.05, 0) is 30.0 Å². The van der Waals surface area contributed by atoms with Crippen molar-refractivity contribution >= 4 is 51.0 Å². The van der Waals surface area contributed by atoms with Gasteiger partial charge in [-0.25, -0.2) is 0 Å². The number of Topliss-reactive ketones (excluding diaryl/α,β-unsaturated/α-hetero) is 1. The van der Waals surface area contributed by atoms with Crippen LogP contribution in [0.1, 0.15) is 15.2 Å². The van der Waals surface area contributed by atoms with Gasteiger partial charge in [-0.3, -0.25) is 4.79 Å². The number of ketones is 1. The first-order valence-corrected chi connectivity index (χ1v) is 9.26. The molecule has 0 fully saturated rings. The highest BCUT2D eigenvalue weighted by atomic mass is 32.2. The van der Waals surface area contributed by atoms with Crippen LogP contribution in [0.4, 0.5) is 10.8 Å². The lowest BCUT2D eigenvalue weighted by molar-refractivity contribution is 0.102. The minimum absolute atomic E-state index is 0.128. The van der Waals surface area contributed by atoms with Gasteiger partial charge in [-0.15, -0.1) is 21.5 Å². The van der Waals surface area contributed by atoms with Crippen molar-refractivity contribution in [1.29, 1.82) is 0 Å². The van der Waals surface area contributed by atoms with E-state index < -0.39 is 0 Å². The van der Waals surface area contributed by atoms with Gasteiger partial charge in [-0.1, -0.05) is 47.4 Å². The fraction of sp³-hybridized carbons (Fsp3) is 0.133. The number of thioether (sulfide) groups is 1. The molecule has 22 heavy (non-hydrogen) atoms. The largest absolute Gasteiger partial charge is 0.330 e. The molecule has 0 atom stereocenters. The smallest absolute Gasteiger partial charge is 0.210 e. The molecule has 0 aliphatic rings. The average Bonchev–Trinajstić information content (AvgIpc) is 3.19. The molecule has 0 amide bonds. The van der Waals surface area contributed by atoms with Crippen molar-refractivity contribution in [1.82, 2.24) is 10.2 Å². The van der Waals surface area contributed by atoms with Crippen molar-refractivity contribution in [3.8, 4) is 0 Å². The number of thiophene rings is 1. The van der Waals surface area contributed by atoms with Gasteiger partial charge in [-0.2, -0.15) is 0 Å². The molecule has 0 spiro atoms. The first-order valence-electron chi connectivity index (χ1n) is 6.58. The molecule has 3 rings (SSSR count). The summed E-state index contributed by atoms with van der Waals surface area (Å²) in [6.07, 6.45) is 0. The molecule has 2 heterocycles. The predicted octanol–water partition coefficient (Wildman–Crippen LogP) is 4.63. The molecule has 0 bridgehead atoms. The Hall–Kier alpha value is -1.70. The van der Waals surface area contributed by atoms with Crippen molar-refractivity contribution in [2.75, 3.05) is 11.1 Å². The Morgan fingerprint density at radius 3 is 2.86 bits per heavy atom. The van der Waals surface area contributed by atoms with Crippen LogP contribution in [0, 0.1) is 6.92 Å². The summed E-state index contributed by atoms with van der Waals surface area (Å²) < 4.78 is 0.793. The van der Waals surface area contributed by atoms with Crippen LogP contribution >= 0.6 is 34.4 Å². The highest BCUT2D eigenvalue weighted by molar-refractivity contribution is 8.01. The van der Waals surface area contributed by atoms with E-state index in [4.69, 9.17) is 0 Å². The Morgan fingerprint density at radius 2 is 2.09 bits per heavy atom. The van der Waals surface area contributed by atoms with Crippen LogP contribution in [-0.2, 0) is 0 Å². The number of aromatic nitrogens is 2. The van der Waals surface area contributed by atoms with Crippen LogP contribution in [0.25, 0.3) is 0 Å². The molecule has 3 aromatic rings.